The number of carbonyl (C=O) groups excluding carboxylic acids is 1. The Morgan fingerprint density at radius 3 is 2.29 bits per heavy atom. The second-order valence-electron chi connectivity index (χ2n) is 6.92. The lowest BCUT2D eigenvalue weighted by molar-refractivity contribution is -0.166. The molecule has 0 aromatic carbocycles. The van der Waals surface area contributed by atoms with Crippen LogP contribution < -0.4 is 5.73 Å². The molecule has 0 spiro atoms. The quantitative estimate of drug-likeness (QED) is 0.747. The number of alkyl halides is 3. The second kappa shape index (κ2) is 6.99. The third-order valence-corrected chi connectivity index (χ3v) is 4.30. The maximum Gasteiger partial charge on any atom is 0.406 e. The van der Waals surface area contributed by atoms with E-state index in [9.17, 15) is 18.0 Å². The van der Waals surface area contributed by atoms with Crippen molar-refractivity contribution in [3.63, 3.8) is 0 Å². The number of amides is 1. The molecule has 0 aliphatic heterocycles. The summed E-state index contributed by atoms with van der Waals surface area (Å²) in [6, 6.07) is -0.322. The number of nitrogens with two attached hydrogens (primary N) is 1. The lowest BCUT2D eigenvalue weighted by atomic mass is 9.84. The molecule has 1 saturated carbocycles. The average molecular weight is 308 g/mol. The summed E-state index contributed by atoms with van der Waals surface area (Å²) < 4.78 is 38.1. The van der Waals surface area contributed by atoms with Gasteiger partial charge in [0.15, 0.2) is 0 Å². The first-order chi connectivity index (χ1) is 9.56. The molecule has 1 aliphatic carbocycles. The van der Waals surface area contributed by atoms with Crippen LogP contribution in [0.15, 0.2) is 0 Å². The Bertz CT molecular complexity index is 351. The number of halogens is 3. The van der Waals surface area contributed by atoms with Gasteiger partial charge in [-0.1, -0.05) is 13.8 Å². The van der Waals surface area contributed by atoms with Crippen molar-refractivity contribution in [1.82, 2.24) is 4.90 Å². The van der Waals surface area contributed by atoms with E-state index < -0.39 is 18.6 Å². The summed E-state index contributed by atoms with van der Waals surface area (Å²) in [6.45, 7) is 5.09. The van der Waals surface area contributed by atoms with Gasteiger partial charge in [0.05, 0.1) is 0 Å². The molecule has 0 radical (unpaired) electrons. The molecule has 0 saturated heterocycles. The molecular formula is C15H27F3N2O. The standard InChI is InChI=1S/C15H27F3N2O/c1-11(12-4-5-12)20(10-15(16,17)18)13(21)6-7-14(2,3)8-9-19/h11-12H,4-10,19H2,1-3H3. The number of hydrogen-bond acceptors (Lipinski definition) is 2. The SMILES string of the molecule is CC(C1CC1)N(CC(F)(F)F)C(=O)CCC(C)(C)CCN. The van der Waals surface area contributed by atoms with E-state index in [2.05, 4.69) is 0 Å². The molecule has 6 heteroatoms. The fourth-order valence-corrected chi connectivity index (χ4v) is 2.59. The van der Waals surface area contributed by atoms with E-state index in [0.29, 0.717) is 13.0 Å². The van der Waals surface area contributed by atoms with Crippen molar-refractivity contribution in [2.24, 2.45) is 17.1 Å². The fraction of sp³-hybridized carbons (Fsp3) is 0.933. The normalized spacial score (nSPS) is 17.7. The molecule has 1 fully saturated rings. The first-order valence-electron chi connectivity index (χ1n) is 7.62. The van der Waals surface area contributed by atoms with Crippen LogP contribution in [0.4, 0.5) is 13.2 Å². The Kier molecular flexibility index (Phi) is 6.08. The molecule has 1 rings (SSSR count). The highest BCUT2D eigenvalue weighted by atomic mass is 19.4. The maximum atomic E-state index is 12.7. The van der Waals surface area contributed by atoms with Gasteiger partial charge in [-0.2, -0.15) is 13.2 Å². The van der Waals surface area contributed by atoms with Gasteiger partial charge in [-0.3, -0.25) is 4.79 Å². The van der Waals surface area contributed by atoms with Crippen LogP contribution in [0.25, 0.3) is 0 Å². The predicted octanol–water partition coefficient (Wildman–Crippen LogP) is 3.33. The van der Waals surface area contributed by atoms with Crippen LogP contribution in [-0.2, 0) is 4.79 Å². The summed E-state index contributed by atoms with van der Waals surface area (Å²) in [5.41, 5.74) is 5.40. The topological polar surface area (TPSA) is 46.3 Å². The van der Waals surface area contributed by atoms with Gasteiger partial charge in [0.1, 0.15) is 6.54 Å². The minimum Gasteiger partial charge on any atom is -0.331 e. The summed E-state index contributed by atoms with van der Waals surface area (Å²) >= 11 is 0. The summed E-state index contributed by atoms with van der Waals surface area (Å²) in [5, 5.41) is 0. The van der Waals surface area contributed by atoms with Crippen molar-refractivity contribution in [3.8, 4) is 0 Å². The molecule has 21 heavy (non-hydrogen) atoms. The van der Waals surface area contributed by atoms with Crippen LogP contribution in [0.3, 0.4) is 0 Å². The van der Waals surface area contributed by atoms with Gasteiger partial charge >= 0.3 is 6.18 Å². The molecule has 1 amide bonds. The van der Waals surface area contributed by atoms with E-state index in [1.54, 1.807) is 6.92 Å². The van der Waals surface area contributed by atoms with Crippen LogP contribution >= 0.6 is 0 Å². The highest BCUT2D eigenvalue weighted by molar-refractivity contribution is 5.76. The molecule has 0 aromatic rings. The molecule has 0 aromatic heterocycles. The highest BCUT2D eigenvalue weighted by Gasteiger charge is 2.40. The predicted molar refractivity (Wildman–Crippen MR) is 76.6 cm³/mol. The minimum atomic E-state index is -4.34. The van der Waals surface area contributed by atoms with E-state index in [4.69, 9.17) is 5.73 Å². The third kappa shape index (κ3) is 6.68. The molecule has 2 N–H and O–H groups in total. The lowest BCUT2D eigenvalue weighted by Crippen LogP contribution is -2.45. The monoisotopic (exact) mass is 308 g/mol. The molecule has 0 bridgehead atoms. The van der Waals surface area contributed by atoms with Crippen LogP contribution in [0.5, 0.6) is 0 Å². The molecule has 1 aliphatic rings. The van der Waals surface area contributed by atoms with Crippen LogP contribution in [-0.4, -0.2) is 36.1 Å². The summed E-state index contributed by atoms with van der Waals surface area (Å²) in [6.07, 6.45) is -1.03. The van der Waals surface area contributed by atoms with E-state index in [1.165, 1.54) is 0 Å². The van der Waals surface area contributed by atoms with Gasteiger partial charge < -0.3 is 10.6 Å². The Morgan fingerprint density at radius 2 is 1.86 bits per heavy atom. The van der Waals surface area contributed by atoms with Gasteiger partial charge in [0.2, 0.25) is 5.91 Å². The van der Waals surface area contributed by atoms with E-state index in [-0.39, 0.29) is 23.8 Å². The van der Waals surface area contributed by atoms with Gasteiger partial charge in [0, 0.05) is 12.5 Å². The molecule has 3 nitrogen and oxygen atoms in total. The Balaban J connectivity index is 2.62. The van der Waals surface area contributed by atoms with Gasteiger partial charge in [-0.25, -0.2) is 0 Å². The average Bonchev–Trinajstić information content (AvgIpc) is 3.15. The van der Waals surface area contributed by atoms with Crippen molar-refractivity contribution in [2.45, 2.75) is 65.1 Å². The lowest BCUT2D eigenvalue weighted by Gasteiger charge is -2.32. The zero-order chi connectivity index (χ0) is 16.3. The number of carbonyl (C=O) groups is 1. The molecule has 0 heterocycles. The zero-order valence-corrected chi connectivity index (χ0v) is 13.2. The largest absolute Gasteiger partial charge is 0.406 e. The summed E-state index contributed by atoms with van der Waals surface area (Å²) in [7, 11) is 0. The first-order valence-corrected chi connectivity index (χ1v) is 7.62. The van der Waals surface area contributed by atoms with Crippen molar-refractivity contribution >= 4 is 5.91 Å². The minimum absolute atomic E-state index is 0.114. The van der Waals surface area contributed by atoms with E-state index in [1.807, 2.05) is 13.8 Å². The fourth-order valence-electron chi connectivity index (χ4n) is 2.59. The van der Waals surface area contributed by atoms with E-state index >= 15 is 0 Å². The van der Waals surface area contributed by atoms with Crippen LogP contribution in [0, 0.1) is 11.3 Å². The Hall–Kier alpha value is -0.780. The van der Waals surface area contributed by atoms with Crippen molar-refractivity contribution in [3.05, 3.63) is 0 Å². The van der Waals surface area contributed by atoms with Gasteiger partial charge in [-0.05, 0) is 50.5 Å². The zero-order valence-electron chi connectivity index (χ0n) is 13.2. The smallest absolute Gasteiger partial charge is 0.331 e. The first kappa shape index (κ1) is 18.3. The van der Waals surface area contributed by atoms with Crippen molar-refractivity contribution in [2.75, 3.05) is 13.1 Å². The summed E-state index contributed by atoms with van der Waals surface area (Å²) in [4.78, 5) is 13.3. The number of nitrogens with zero attached hydrogens (tertiary/aromatic N) is 1. The van der Waals surface area contributed by atoms with Crippen molar-refractivity contribution < 1.29 is 18.0 Å². The highest BCUT2D eigenvalue weighted by Crippen LogP contribution is 2.37. The van der Waals surface area contributed by atoms with Crippen LogP contribution in [0.1, 0.15) is 52.9 Å². The van der Waals surface area contributed by atoms with E-state index in [0.717, 1.165) is 24.2 Å². The molecule has 1 atom stereocenters. The maximum absolute atomic E-state index is 12.7. The second-order valence-corrected chi connectivity index (χ2v) is 6.92. The van der Waals surface area contributed by atoms with Crippen molar-refractivity contribution in [1.29, 1.82) is 0 Å². The summed E-state index contributed by atoms with van der Waals surface area (Å²) in [5.74, 6) is -0.162. The number of rotatable bonds is 8. The van der Waals surface area contributed by atoms with Gasteiger partial charge in [-0.15, -0.1) is 0 Å². The molecule has 124 valence electrons. The molecule has 1 unspecified atom stereocenters. The molecular weight excluding hydrogens is 281 g/mol. The van der Waals surface area contributed by atoms with Gasteiger partial charge in [0.25, 0.3) is 0 Å². The Labute approximate surface area is 125 Å². The van der Waals surface area contributed by atoms with Crippen LogP contribution in [0.2, 0.25) is 0 Å². The third-order valence-electron chi connectivity index (χ3n) is 4.30. The Morgan fingerprint density at radius 1 is 1.29 bits per heavy atom. The number of hydrogen-bond donors (Lipinski definition) is 1.